The summed E-state index contributed by atoms with van der Waals surface area (Å²) in [6, 6.07) is 6.12. The molecule has 1 heterocycles. The molecule has 0 aliphatic heterocycles. The van der Waals surface area contributed by atoms with Crippen molar-refractivity contribution < 1.29 is 4.39 Å². The second kappa shape index (κ2) is 4.78. The lowest BCUT2D eigenvalue weighted by Crippen LogP contribution is -2.15. The van der Waals surface area contributed by atoms with Crippen molar-refractivity contribution in [2.75, 3.05) is 5.73 Å². The van der Waals surface area contributed by atoms with E-state index in [2.05, 4.69) is 9.97 Å². The summed E-state index contributed by atoms with van der Waals surface area (Å²) in [4.78, 5) is 8.65. The van der Waals surface area contributed by atoms with Crippen LogP contribution in [0.3, 0.4) is 0 Å². The molecule has 0 aliphatic rings. The maximum Gasteiger partial charge on any atom is 0.161 e. The number of halogens is 2. The van der Waals surface area contributed by atoms with Gasteiger partial charge in [-0.05, 0) is 18.2 Å². The minimum Gasteiger partial charge on any atom is -0.384 e. The predicted octanol–water partition coefficient (Wildman–Crippen LogP) is 3.82. The van der Waals surface area contributed by atoms with E-state index in [4.69, 9.17) is 17.3 Å². The van der Waals surface area contributed by atoms with Gasteiger partial charge in [-0.1, -0.05) is 32.4 Å². The van der Waals surface area contributed by atoms with Crippen LogP contribution >= 0.6 is 11.6 Å². The van der Waals surface area contributed by atoms with Crippen LogP contribution in [0.2, 0.25) is 5.02 Å². The van der Waals surface area contributed by atoms with Crippen LogP contribution in [0.5, 0.6) is 0 Å². The molecule has 0 saturated carbocycles. The molecular weight excluding hydrogens is 265 g/mol. The van der Waals surface area contributed by atoms with E-state index in [1.165, 1.54) is 12.1 Å². The summed E-state index contributed by atoms with van der Waals surface area (Å²) in [6.07, 6.45) is 0. The fourth-order valence-electron chi connectivity index (χ4n) is 1.61. The third-order valence-corrected chi connectivity index (χ3v) is 2.98. The van der Waals surface area contributed by atoms with E-state index in [1.54, 1.807) is 12.1 Å². The van der Waals surface area contributed by atoms with Crippen LogP contribution < -0.4 is 5.73 Å². The highest BCUT2D eigenvalue weighted by atomic mass is 35.5. The predicted molar refractivity (Wildman–Crippen MR) is 75.5 cm³/mol. The van der Waals surface area contributed by atoms with Gasteiger partial charge in [-0.2, -0.15) is 0 Å². The molecule has 3 nitrogen and oxygen atoms in total. The van der Waals surface area contributed by atoms with E-state index in [0.717, 1.165) is 5.69 Å². The Morgan fingerprint density at radius 1 is 1.16 bits per heavy atom. The van der Waals surface area contributed by atoms with E-state index in [-0.39, 0.29) is 10.4 Å². The van der Waals surface area contributed by atoms with Crippen molar-refractivity contribution in [3.05, 3.63) is 40.8 Å². The third kappa shape index (κ3) is 3.01. The third-order valence-electron chi connectivity index (χ3n) is 2.69. The van der Waals surface area contributed by atoms with Crippen molar-refractivity contribution in [2.45, 2.75) is 26.2 Å². The molecule has 0 bridgehead atoms. The van der Waals surface area contributed by atoms with Gasteiger partial charge in [0.15, 0.2) is 5.82 Å². The summed E-state index contributed by atoms with van der Waals surface area (Å²) in [5.41, 5.74) is 7.13. The van der Waals surface area contributed by atoms with Crippen molar-refractivity contribution in [3.63, 3.8) is 0 Å². The molecule has 0 amide bonds. The van der Waals surface area contributed by atoms with Gasteiger partial charge in [0.1, 0.15) is 11.6 Å². The van der Waals surface area contributed by atoms with Crippen molar-refractivity contribution in [1.82, 2.24) is 9.97 Å². The molecule has 0 fully saturated rings. The summed E-state index contributed by atoms with van der Waals surface area (Å²) in [5, 5.41) is 0.0424. The second-order valence-corrected chi connectivity index (χ2v) is 5.79. The smallest absolute Gasteiger partial charge is 0.161 e. The molecule has 0 saturated heterocycles. The fraction of sp³-hybridized carbons (Fsp3) is 0.286. The minimum atomic E-state index is -0.467. The van der Waals surface area contributed by atoms with Gasteiger partial charge in [0.2, 0.25) is 0 Å². The van der Waals surface area contributed by atoms with Gasteiger partial charge in [0.25, 0.3) is 0 Å². The molecule has 0 atom stereocenters. The Bertz CT molecular complexity index is 621. The van der Waals surface area contributed by atoms with Crippen LogP contribution in [0.1, 0.15) is 26.5 Å². The maximum absolute atomic E-state index is 13.2. The Kier molecular flexibility index (Phi) is 3.45. The summed E-state index contributed by atoms with van der Waals surface area (Å²) < 4.78 is 13.2. The minimum absolute atomic E-state index is 0.0424. The number of nitrogens with zero attached hydrogens (tertiary/aromatic N) is 2. The highest BCUT2D eigenvalue weighted by Gasteiger charge is 2.18. The van der Waals surface area contributed by atoms with Crippen molar-refractivity contribution in [1.29, 1.82) is 0 Å². The first kappa shape index (κ1) is 13.7. The molecule has 0 radical (unpaired) electrons. The zero-order valence-corrected chi connectivity index (χ0v) is 11.8. The van der Waals surface area contributed by atoms with E-state index in [1.807, 2.05) is 20.8 Å². The maximum atomic E-state index is 13.2. The molecule has 2 N–H and O–H groups in total. The van der Waals surface area contributed by atoms with Crippen LogP contribution in [0.25, 0.3) is 11.4 Å². The fourth-order valence-corrected chi connectivity index (χ4v) is 1.80. The van der Waals surface area contributed by atoms with Gasteiger partial charge in [0, 0.05) is 17.0 Å². The zero-order chi connectivity index (χ0) is 14.2. The number of nitrogens with two attached hydrogens (primary N) is 1. The van der Waals surface area contributed by atoms with Crippen molar-refractivity contribution in [2.24, 2.45) is 0 Å². The van der Waals surface area contributed by atoms with Crippen LogP contribution in [0.4, 0.5) is 10.2 Å². The van der Waals surface area contributed by atoms with E-state index >= 15 is 0 Å². The molecule has 5 heteroatoms. The molecule has 1 aromatic heterocycles. The Labute approximate surface area is 116 Å². The molecule has 2 rings (SSSR count). The summed E-state index contributed by atoms with van der Waals surface area (Å²) in [7, 11) is 0. The molecule has 2 aromatic rings. The normalized spacial score (nSPS) is 11.6. The van der Waals surface area contributed by atoms with Gasteiger partial charge in [-0.25, -0.2) is 14.4 Å². The average Bonchev–Trinajstić information content (AvgIpc) is 2.31. The van der Waals surface area contributed by atoms with E-state index in [9.17, 15) is 4.39 Å². The van der Waals surface area contributed by atoms with Crippen LogP contribution in [-0.2, 0) is 5.41 Å². The van der Waals surface area contributed by atoms with Crippen molar-refractivity contribution >= 4 is 17.4 Å². The average molecular weight is 280 g/mol. The Balaban J connectivity index is 2.56. The first-order valence-electron chi connectivity index (χ1n) is 5.88. The molecule has 19 heavy (non-hydrogen) atoms. The van der Waals surface area contributed by atoms with Gasteiger partial charge >= 0.3 is 0 Å². The first-order chi connectivity index (χ1) is 8.77. The monoisotopic (exact) mass is 279 g/mol. The number of aromatic nitrogens is 2. The number of benzene rings is 1. The topological polar surface area (TPSA) is 51.8 Å². The number of anilines is 1. The van der Waals surface area contributed by atoms with Gasteiger partial charge in [-0.3, -0.25) is 0 Å². The summed E-state index contributed by atoms with van der Waals surface area (Å²) in [5.74, 6) is 0.368. The van der Waals surface area contributed by atoms with E-state index < -0.39 is 5.82 Å². The molecule has 0 aliphatic carbocycles. The lowest BCUT2D eigenvalue weighted by molar-refractivity contribution is 0.568. The van der Waals surface area contributed by atoms with Gasteiger partial charge < -0.3 is 5.73 Å². The SMILES string of the molecule is CC(C)(C)c1cc(N)nc(-c2ccc(F)c(Cl)c2)n1. The summed E-state index contributed by atoms with van der Waals surface area (Å²) >= 11 is 5.77. The Morgan fingerprint density at radius 3 is 2.42 bits per heavy atom. The number of nitrogen functional groups attached to an aromatic ring is 1. The largest absolute Gasteiger partial charge is 0.384 e. The lowest BCUT2D eigenvalue weighted by Gasteiger charge is -2.18. The number of hydrogen-bond acceptors (Lipinski definition) is 3. The zero-order valence-electron chi connectivity index (χ0n) is 11.0. The highest BCUT2D eigenvalue weighted by Crippen LogP contribution is 2.27. The van der Waals surface area contributed by atoms with Gasteiger partial charge in [-0.15, -0.1) is 0 Å². The van der Waals surface area contributed by atoms with Gasteiger partial charge in [0.05, 0.1) is 10.7 Å². The Morgan fingerprint density at radius 2 is 1.84 bits per heavy atom. The van der Waals surface area contributed by atoms with Crippen LogP contribution in [-0.4, -0.2) is 9.97 Å². The molecular formula is C14H15ClFN3. The van der Waals surface area contributed by atoms with Crippen LogP contribution in [0, 0.1) is 5.82 Å². The molecule has 0 unspecified atom stereocenters. The Hall–Kier alpha value is -1.68. The molecule has 0 spiro atoms. The highest BCUT2D eigenvalue weighted by molar-refractivity contribution is 6.31. The second-order valence-electron chi connectivity index (χ2n) is 5.38. The standard InChI is InChI=1S/C14H15ClFN3/c1-14(2,3)11-7-12(17)19-13(18-11)8-4-5-10(16)9(15)6-8/h4-7H,1-3H3,(H2,17,18,19). The molecule has 1 aromatic carbocycles. The summed E-state index contributed by atoms with van der Waals surface area (Å²) in [6.45, 7) is 6.11. The molecule has 100 valence electrons. The number of rotatable bonds is 1. The quantitative estimate of drug-likeness (QED) is 0.863. The first-order valence-corrected chi connectivity index (χ1v) is 6.25. The van der Waals surface area contributed by atoms with Crippen LogP contribution in [0.15, 0.2) is 24.3 Å². The van der Waals surface area contributed by atoms with Crippen molar-refractivity contribution in [3.8, 4) is 11.4 Å². The number of hydrogen-bond donors (Lipinski definition) is 1. The van der Waals surface area contributed by atoms with E-state index in [0.29, 0.717) is 17.2 Å². The lowest BCUT2D eigenvalue weighted by atomic mass is 9.92.